The summed E-state index contributed by atoms with van der Waals surface area (Å²) in [6.45, 7) is 4.86. The van der Waals surface area contributed by atoms with Gasteiger partial charge in [-0.3, -0.25) is 9.59 Å². The second-order valence-corrected chi connectivity index (χ2v) is 9.27. The summed E-state index contributed by atoms with van der Waals surface area (Å²) >= 11 is 5.91. The number of hydrogen-bond donors (Lipinski definition) is 1. The van der Waals surface area contributed by atoms with Crippen LogP contribution in [0.4, 0.5) is 0 Å². The third kappa shape index (κ3) is 7.78. The number of carbonyl (C=O) groups is 2. The number of halogens is 1. The van der Waals surface area contributed by atoms with Crippen LogP contribution in [0.5, 0.6) is 5.75 Å². The number of amides is 2. The molecule has 3 rings (SSSR count). The lowest BCUT2D eigenvalue weighted by Crippen LogP contribution is -2.50. The summed E-state index contributed by atoms with van der Waals surface area (Å²) in [4.78, 5) is 28.2. The lowest BCUT2D eigenvalue weighted by molar-refractivity contribution is -0.141. The second kappa shape index (κ2) is 12.6. The highest BCUT2D eigenvalue weighted by Gasteiger charge is 2.30. The monoisotopic (exact) mass is 470 g/mol. The summed E-state index contributed by atoms with van der Waals surface area (Å²) in [7, 11) is 0. The number of carbonyl (C=O) groups excluding carboxylic acids is 2. The molecule has 178 valence electrons. The van der Waals surface area contributed by atoms with Crippen molar-refractivity contribution < 1.29 is 14.3 Å². The lowest BCUT2D eigenvalue weighted by Gasteiger charge is -2.31. The zero-order chi connectivity index (χ0) is 23.6. The molecular weight excluding hydrogens is 436 g/mol. The van der Waals surface area contributed by atoms with Crippen LogP contribution >= 0.6 is 11.6 Å². The molecule has 2 aromatic rings. The minimum atomic E-state index is -0.476. The number of benzene rings is 2. The van der Waals surface area contributed by atoms with E-state index < -0.39 is 6.04 Å². The first-order valence-electron chi connectivity index (χ1n) is 12.0. The maximum Gasteiger partial charge on any atom is 0.243 e. The van der Waals surface area contributed by atoms with Crippen LogP contribution in [-0.2, 0) is 16.1 Å². The van der Waals surface area contributed by atoms with Gasteiger partial charge in [0.15, 0.2) is 0 Å². The molecule has 1 fully saturated rings. The van der Waals surface area contributed by atoms with Crippen molar-refractivity contribution in [3.8, 4) is 5.75 Å². The standard InChI is InChI=1S/C27H35ClN2O3/c1-3-25(27(32)29-23-10-4-5-11-23)30(19-21-9-6-8-20(2)18-21)26(31)12-7-17-33-24-15-13-22(28)14-16-24/h6,8-9,13-16,18,23,25H,3-5,7,10-12,17,19H2,1-2H3,(H,29,32). The molecule has 0 aromatic heterocycles. The van der Waals surface area contributed by atoms with Gasteiger partial charge in [0.25, 0.3) is 0 Å². The Morgan fingerprint density at radius 1 is 1.15 bits per heavy atom. The van der Waals surface area contributed by atoms with Gasteiger partial charge in [0.05, 0.1) is 6.61 Å². The zero-order valence-electron chi connectivity index (χ0n) is 19.7. The Labute approximate surface area is 202 Å². The molecular formula is C27H35ClN2O3. The van der Waals surface area contributed by atoms with Crippen molar-refractivity contribution in [2.24, 2.45) is 0 Å². The number of ether oxygens (including phenoxy) is 1. The highest BCUT2D eigenvalue weighted by atomic mass is 35.5. The largest absolute Gasteiger partial charge is 0.494 e. The number of nitrogens with one attached hydrogen (secondary N) is 1. The minimum Gasteiger partial charge on any atom is -0.494 e. The van der Waals surface area contributed by atoms with Crippen LogP contribution < -0.4 is 10.1 Å². The Morgan fingerprint density at radius 3 is 2.55 bits per heavy atom. The molecule has 2 aromatic carbocycles. The third-order valence-corrected chi connectivity index (χ3v) is 6.39. The average molecular weight is 471 g/mol. The van der Waals surface area contributed by atoms with E-state index in [0.29, 0.717) is 37.4 Å². The summed E-state index contributed by atoms with van der Waals surface area (Å²) in [5.74, 6) is 0.665. The smallest absolute Gasteiger partial charge is 0.243 e. The van der Waals surface area contributed by atoms with Crippen molar-refractivity contribution in [2.45, 2.75) is 77.4 Å². The molecule has 0 heterocycles. The molecule has 33 heavy (non-hydrogen) atoms. The van der Waals surface area contributed by atoms with Crippen LogP contribution in [0.3, 0.4) is 0 Å². The van der Waals surface area contributed by atoms with Gasteiger partial charge in [-0.1, -0.05) is 61.2 Å². The van der Waals surface area contributed by atoms with Crippen LogP contribution in [0.15, 0.2) is 48.5 Å². The Kier molecular flexibility index (Phi) is 9.61. The highest BCUT2D eigenvalue weighted by molar-refractivity contribution is 6.30. The van der Waals surface area contributed by atoms with E-state index >= 15 is 0 Å². The Balaban J connectivity index is 1.64. The van der Waals surface area contributed by atoms with E-state index in [9.17, 15) is 9.59 Å². The predicted octanol–water partition coefficient (Wildman–Crippen LogP) is 5.67. The van der Waals surface area contributed by atoms with E-state index in [1.54, 1.807) is 17.0 Å². The van der Waals surface area contributed by atoms with Crippen LogP contribution in [0.25, 0.3) is 0 Å². The molecule has 1 N–H and O–H groups in total. The zero-order valence-corrected chi connectivity index (χ0v) is 20.4. The first kappa shape index (κ1) is 25.1. The molecule has 2 amide bonds. The summed E-state index contributed by atoms with van der Waals surface area (Å²) in [5, 5.41) is 3.85. The second-order valence-electron chi connectivity index (χ2n) is 8.83. The van der Waals surface area contributed by atoms with E-state index in [0.717, 1.165) is 42.6 Å². The van der Waals surface area contributed by atoms with Crippen LogP contribution in [0, 0.1) is 6.92 Å². The molecule has 1 saturated carbocycles. The minimum absolute atomic E-state index is 0.0235. The fraction of sp³-hybridized carbons (Fsp3) is 0.481. The van der Waals surface area contributed by atoms with Crippen molar-refractivity contribution in [2.75, 3.05) is 6.61 Å². The van der Waals surface area contributed by atoms with Gasteiger partial charge in [-0.2, -0.15) is 0 Å². The maximum atomic E-state index is 13.3. The summed E-state index contributed by atoms with van der Waals surface area (Å²) < 4.78 is 5.74. The van der Waals surface area contributed by atoms with Gasteiger partial charge in [-0.25, -0.2) is 0 Å². The van der Waals surface area contributed by atoms with E-state index in [1.807, 2.05) is 44.2 Å². The van der Waals surface area contributed by atoms with Gasteiger partial charge < -0.3 is 15.0 Å². The number of nitrogens with zero attached hydrogens (tertiary/aromatic N) is 1. The van der Waals surface area contributed by atoms with Crippen LogP contribution in [0.1, 0.15) is 63.0 Å². The quantitative estimate of drug-likeness (QED) is 0.430. The highest BCUT2D eigenvalue weighted by Crippen LogP contribution is 2.20. The van der Waals surface area contributed by atoms with Gasteiger partial charge in [0, 0.05) is 24.0 Å². The molecule has 1 aliphatic rings. The summed E-state index contributed by atoms with van der Waals surface area (Å²) in [6.07, 6.45) is 5.84. The molecule has 1 unspecified atom stereocenters. The maximum absolute atomic E-state index is 13.3. The third-order valence-electron chi connectivity index (χ3n) is 6.14. The normalized spacial score (nSPS) is 14.6. The molecule has 0 aliphatic heterocycles. The van der Waals surface area contributed by atoms with E-state index in [1.165, 1.54) is 0 Å². The topological polar surface area (TPSA) is 58.6 Å². The van der Waals surface area contributed by atoms with E-state index in [4.69, 9.17) is 16.3 Å². The SMILES string of the molecule is CCC(C(=O)NC1CCCC1)N(Cc1cccc(C)c1)C(=O)CCCOc1ccc(Cl)cc1. The summed E-state index contributed by atoms with van der Waals surface area (Å²) in [6, 6.07) is 15.1. The fourth-order valence-electron chi connectivity index (χ4n) is 4.38. The number of aryl methyl sites for hydroxylation is 1. The van der Waals surface area contributed by atoms with Crippen LogP contribution in [-0.4, -0.2) is 35.4 Å². The molecule has 0 bridgehead atoms. The Morgan fingerprint density at radius 2 is 1.88 bits per heavy atom. The number of rotatable bonds is 11. The first-order valence-corrected chi connectivity index (χ1v) is 12.4. The number of hydrogen-bond acceptors (Lipinski definition) is 3. The van der Waals surface area contributed by atoms with Crippen molar-refractivity contribution >= 4 is 23.4 Å². The Hall–Kier alpha value is -2.53. The average Bonchev–Trinajstić information content (AvgIpc) is 3.30. The van der Waals surface area contributed by atoms with Gasteiger partial charge in [-0.15, -0.1) is 0 Å². The predicted molar refractivity (Wildman–Crippen MR) is 132 cm³/mol. The molecule has 1 atom stereocenters. The van der Waals surface area contributed by atoms with Gasteiger partial charge >= 0.3 is 0 Å². The Bertz CT molecular complexity index is 910. The molecule has 1 aliphatic carbocycles. The van der Waals surface area contributed by atoms with Gasteiger partial charge in [0.2, 0.25) is 11.8 Å². The molecule has 6 heteroatoms. The molecule has 0 saturated heterocycles. The van der Waals surface area contributed by atoms with Crippen molar-refractivity contribution in [3.05, 3.63) is 64.7 Å². The molecule has 0 radical (unpaired) electrons. The fourth-order valence-corrected chi connectivity index (χ4v) is 4.51. The van der Waals surface area contributed by atoms with Gasteiger partial charge in [0.1, 0.15) is 11.8 Å². The summed E-state index contributed by atoms with van der Waals surface area (Å²) in [5.41, 5.74) is 2.17. The van der Waals surface area contributed by atoms with Crippen molar-refractivity contribution in [1.82, 2.24) is 10.2 Å². The van der Waals surface area contributed by atoms with E-state index in [2.05, 4.69) is 11.4 Å². The lowest BCUT2D eigenvalue weighted by atomic mass is 10.1. The van der Waals surface area contributed by atoms with Gasteiger partial charge in [-0.05, 0) is 62.4 Å². The van der Waals surface area contributed by atoms with Crippen LogP contribution in [0.2, 0.25) is 5.02 Å². The molecule has 0 spiro atoms. The van der Waals surface area contributed by atoms with E-state index in [-0.39, 0.29) is 17.9 Å². The van der Waals surface area contributed by atoms with Crippen molar-refractivity contribution in [3.63, 3.8) is 0 Å². The molecule has 5 nitrogen and oxygen atoms in total. The first-order chi connectivity index (χ1) is 16.0. The van der Waals surface area contributed by atoms with Crippen molar-refractivity contribution in [1.29, 1.82) is 0 Å².